The summed E-state index contributed by atoms with van der Waals surface area (Å²) in [6, 6.07) is 9.97. The second-order valence-electron chi connectivity index (χ2n) is 3.77. The number of nitrogens with zero attached hydrogens (tertiary/aromatic N) is 1. The second kappa shape index (κ2) is 3.21. The Hall–Kier alpha value is -1.61. The van der Waals surface area contributed by atoms with Gasteiger partial charge < -0.3 is 9.64 Å². The number of rotatable bonds is 1. The topological polar surface area (TPSA) is 29.5 Å². The average Bonchev–Trinajstić information content (AvgIpc) is 2.84. The van der Waals surface area contributed by atoms with E-state index in [4.69, 9.17) is 4.74 Å². The quantitative estimate of drug-likeness (QED) is 0.688. The van der Waals surface area contributed by atoms with E-state index in [9.17, 15) is 4.79 Å². The molecule has 0 unspecified atom stereocenters. The first kappa shape index (κ1) is 8.68. The van der Waals surface area contributed by atoms with Crippen molar-refractivity contribution in [2.24, 2.45) is 0 Å². The molecule has 2 aliphatic rings. The minimum absolute atomic E-state index is 0.0475. The number of hydrogen-bond donors (Lipinski definition) is 0. The molecule has 3 heteroatoms. The minimum atomic E-state index is -0.210. The van der Waals surface area contributed by atoms with Gasteiger partial charge in [-0.2, -0.15) is 0 Å². The molecule has 2 aliphatic heterocycles. The summed E-state index contributed by atoms with van der Waals surface area (Å²) in [6.45, 7) is 0.599. The van der Waals surface area contributed by atoms with Crippen molar-refractivity contribution in [3.63, 3.8) is 0 Å². The van der Waals surface area contributed by atoms with Gasteiger partial charge in [-0.1, -0.05) is 36.4 Å². The molecule has 0 aliphatic carbocycles. The fourth-order valence-corrected chi connectivity index (χ4v) is 2.11. The number of carbonyl (C=O) groups is 1. The number of hydrogen-bond acceptors (Lipinski definition) is 2. The fraction of sp³-hybridized carbons (Fsp3) is 0.250. The summed E-state index contributed by atoms with van der Waals surface area (Å²) in [6.07, 6.45) is 3.33. The van der Waals surface area contributed by atoms with E-state index in [1.165, 1.54) is 0 Å². The van der Waals surface area contributed by atoms with Gasteiger partial charge >= 0.3 is 0 Å². The van der Waals surface area contributed by atoms with Crippen LogP contribution in [0.1, 0.15) is 11.8 Å². The van der Waals surface area contributed by atoms with Crippen LogP contribution in [0.2, 0.25) is 0 Å². The summed E-state index contributed by atoms with van der Waals surface area (Å²) in [5.74, 6) is 0.0475. The van der Waals surface area contributed by atoms with Crippen molar-refractivity contribution < 1.29 is 9.53 Å². The molecule has 3 rings (SSSR count). The zero-order valence-corrected chi connectivity index (χ0v) is 8.17. The van der Waals surface area contributed by atoms with Crippen molar-refractivity contribution >= 4 is 5.91 Å². The molecule has 15 heavy (non-hydrogen) atoms. The largest absolute Gasteiger partial charge is 0.351 e. The first-order valence-corrected chi connectivity index (χ1v) is 5.03. The molecule has 2 heterocycles. The van der Waals surface area contributed by atoms with Gasteiger partial charge in [0.05, 0.1) is 12.6 Å². The lowest BCUT2D eigenvalue weighted by molar-refractivity contribution is -0.130. The van der Waals surface area contributed by atoms with E-state index in [-0.39, 0.29) is 18.2 Å². The molecule has 0 aromatic heterocycles. The van der Waals surface area contributed by atoms with Crippen LogP contribution in [0, 0.1) is 0 Å². The summed E-state index contributed by atoms with van der Waals surface area (Å²) in [5.41, 5.74) is 1.04. The first-order chi connectivity index (χ1) is 7.36. The van der Waals surface area contributed by atoms with E-state index >= 15 is 0 Å². The molecule has 0 N–H and O–H groups in total. The minimum Gasteiger partial charge on any atom is -0.351 e. The molecule has 1 amide bonds. The number of ether oxygens (including phenoxy) is 1. The van der Waals surface area contributed by atoms with E-state index in [1.54, 1.807) is 11.0 Å². The van der Waals surface area contributed by atoms with Crippen molar-refractivity contribution in [1.82, 2.24) is 4.90 Å². The van der Waals surface area contributed by atoms with Crippen LogP contribution in [0.15, 0.2) is 42.5 Å². The monoisotopic (exact) mass is 201 g/mol. The Bertz CT molecular complexity index is 413. The van der Waals surface area contributed by atoms with Gasteiger partial charge in [-0.05, 0) is 0 Å². The maximum absolute atomic E-state index is 11.6. The summed E-state index contributed by atoms with van der Waals surface area (Å²) in [5, 5.41) is 0. The van der Waals surface area contributed by atoms with E-state index < -0.39 is 0 Å². The van der Waals surface area contributed by atoms with Crippen LogP contribution in [0.25, 0.3) is 0 Å². The third kappa shape index (κ3) is 1.27. The first-order valence-electron chi connectivity index (χ1n) is 5.03. The van der Waals surface area contributed by atoms with Gasteiger partial charge in [-0.3, -0.25) is 4.79 Å². The molecule has 1 saturated heterocycles. The molecular weight excluding hydrogens is 190 g/mol. The third-order valence-electron chi connectivity index (χ3n) is 2.83. The van der Waals surface area contributed by atoms with E-state index in [0.717, 1.165) is 5.56 Å². The van der Waals surface area contributed by atoms with E-state index in [1.807, 2.05) is 36.4 Å². The van der Waals surface area contributed by atoms with Crippen LogP contribution in [-0.2, 0) is 9.53 Å². The smallest absolute Gasteiger partial charge is 0.249 e. The number of fused-ring (bicyclic) bond motifs is 1. The van der Waals surface area contributed by atoms with E-state index in [2.05, 4.69) is 0 Å². The van der Waals surface area contributed by atoms with Crippen molar-refractivity contribution in [2.75, 3.05) is 6.61 Å². The maximum atomic E-state index is 11.6. The Morgan fingerprint density at radius 3 is 2.87 bits per heavy atom. The fourth-order valence-electron chi connectivity index (χ4n) is 2.11. The van der Waals surface area contributed by atoms with Crippen LogP contribution in [-0.4, -0.2) is 23.5 Å². The summed E-state index contributed by atoms with van der Waals surface area (Å²) >= 11 is 0. The summed E-state index contributed by atoms with van der Waals surface area (Å²) < 4.78 is 5.63. The SMILES string of the molecule is O=C1C=C[C@@H]2CO[C@H](c3ccccc3)N12. The number of amides is 1. The molecule has 0 saturated carbocycles. The van der Waals surface area contributed by atoms with Crippen LogP contribution in [0.3, 0.4) is 0 Å². The van der Waals surface area contributed by atoms with Crippen LogP contribution in [0.5, 0.6) is 0 Å². The maximum Gasteiger partial charge on any atom is 0.249 e. The number of benzene rings is 1. The summed E-state index contributed by atoms with van der Waals surface area (Å²) in [7, 11) is 0. The van der Waals surface area contributed by atoms with Crippen LogP contribution < -0.4 is 0 Å². The molecular formula is C12H11NO2. The second-order valence-corrected chi connectivity index (χ2v) is 3.77. The van der Waals surface area contributed by atoms with E-state index in [0.29, 0.717) is 6.61 Å². The van der Waals surface area contributed by atoms with Gasteiger partial charge in [0.25, 0.3) is 0 Å². The highest BCUT2D eigenvalue weighted by Gasteiger charge is 2.39. The van der Waals surface area contributed by atoms with Crippen molar-refractivity contribution in [3.8, 4) is 0 Å². The molecule has 1 fully saturated rings. The Balaban J connectivity index is 1.93. The average molecular weight is 201 g/mol. The van der Waals surface area contributed by atoms with Gasteiger partial charge in [-0.25, -0.2) is 0 Å². The molecule has 0 bridgehead atoms. The summed E-state index contributed by atoms with van der Waals surface area (Å²) in [4.78, 5) is 13.4. The third-order valence-corrected chi connectivity index (χ3v) is 2.83. The Morgan fingerprint density at radius 1 is 1.27 bits per heavy atom. The van der Waals surface area contributed by atoms with Gasteiger partial charge in [0.1, 0.15) is 0 Å². The van der Waals surface area contributed by atoms with Crippen molar-refractivity contribution in [2.45, 2.75) is 12.3 Å². The van der Waals surface area contributed by atoms with Gasteiger partial charge in [0.2, 0.25) is 5.91 Å². The molecule has 0 spiro atoms. The zero-order valence-electron chi connectivity index (χ0n) is 8.17. The standard InChI is InChI=1S/C12H11NO2/c14-11-7-6-10-8-15-12(13(10)11)9-4-2-1-3-5-9/h1-7,10,12H,8H2/t10-,12-/m1/s1. The lowest BCUT2D eigenvalue weighted by Gasteiger charge is -2.22. The highest BCUT2D eigenvalue weighted by Crippen LogP contribution is 2.33. The Labute approximate surface area is 88.0 Å². The van der Waals surface area contributed by atoms with Crippen molar-refractivity contribution in [3.05, 3.63) is 48.0 Å². The van der Waals surface area contributed by atoms with Gasteiger partial charge in [0.15, 0.2) is 6.23 Å². The number of carbonyl (C=O) groups excluding carboxylic acids is 1. The molecule has 3 nitrogen and oxygen atoms in total. The molecule has 0 radical (unpaired) electrons. The lowest BCUT2D eigenvalue weighted by Crippen LogP contribution is -2.31. The highest BCUT2D eigenvalue weighted by molar-refractivity contribution is 5.91. The highest BCUT2D eigenvalue weighted by atomic mass is 16.5. The predicted molar refractivity (Wildman–Crippen MR) is 54.9 cm³/mol. The van der Waals surface area contributed by atoms with Crippen molar-refractivity contribution in [1.29, 1.82) is 0 Å². The molecule has 1 aromatic rings. The van der Waals surface area contributed by atoms with Crippen LogP contribution in [0.4, 0.5) is 0 Å². The zero-order chi connectivity index (χ0) is 10.3. The molecule has 76 valence electrons. The van der Waals surface area contributed by atoms with Gasteiger partial charge in [-0.15, -0.1) is 0 Å². The Morgan fingerprint density at radius 2 is 2.07 bits per heavy atom. The normalized spacial score (nSPS) is 28.5. The predicted octanol–water partition coefficient (Wildman–Crippen LogP) is 1.48. The molecule has 1 aromatic carbocycles. The van der Waals surface area contributed by atoms with Gasteiger partial charge in [0, 0.05) is 11.6 Å². The lowest BCUT2D eigenvalue weighted by atomic mass is 10.2. The van der Waals surface area contributed by atoms with Crippen LogP contribution >= 0.6 is 0 Å². The molecule has 2 atom stereocenters. The Kier molecular flexibility index (Phi) is 1.86.